The molecular formula is C12H14BrF3O3. The summed E-state index contributed by atoms with van der Waals surface area (Å²) in [6.45, 7) is -1.71. The molecule has 0 spiro atoms. The molecule has 1 unspecified atom stereocenters. The molecule has 0 bridgehead atoms. The molecule has 0 aliphatic rings. The van der Waals surface area contributed by atoms with Gasteiger partial charge in [0.15, 0.2) is 0 Å². The van der Waals surface area contributed by atoms with Crippen molar-refractivity contribution < 1.29 is 27.8 Å². The monoisotopic (exact) mass is 342 g/mol. The number of hydrogen-bond donors (Lipinski definition) is 1. The lowest BCUT2D eigenvalue weighted by Crippen LogP contribution is -2.24. The second-order valence-electron chi connectivity index (χ2n) is 3.96. The van der Waals surface area contributed by atoms with Crippen LogP contribution in [0.25, 0.3) is 0 Å². The molecule has 0 amide bonds. The Bertz CT molecular complexity index is 410. The topological polar surface area (TPSA) is 38.7 Å². The van der Waals surface area contributed by atoms with E-state index in [4.69, 9.17) is 4.74 Å². The van der Waals surface area contributed by atoms with E-state index in [9.17, 15) is 18.3 Å². The van der Waals surface area contributed by atoms with E-state index in [-0.39, 0.29) is 13.0 Å². The molecule has 1 aromatic rings. The molecule has 0 saturated carbocycles. The van der Waals surface area contributed by atoms with E-state index in [2.05, 4.69) is 20.7 Å². The molecule has 3 nitrogen and oxygen atoms in total. The third kappa shape index (κ3) is 6.26. The van der Waals surface area contributed by atoms with Crippen molar-refractivity contribution in [2.45, 2.75) is 18.7 Å². The van der Waals surface area contributed by atoms with E-state index < -0.39 is 18.9 Å². The Kier molecular flexibility index (Phi) is 6.09. The number of alkyl halides is 3. The minimum absolute atomic E-state index is 0.209. The van der Waals surface area contributed by atoms with Crippen LogP contribution in [0, 0.1) is 0 Å². The first-order valence-corrected chi connectivity index (χ1v) is 6.26. The molecular weight excluding hydrogens is 329 g/mol. The summed E-state index contributed by atoms with van der Waals surface area (Å²) in [6.07, 6.45) is -5.15. The number of aliphatic hydroxyl groups is 1. The molecule has 108 valence electrons. The van der Waals surface area contributed by atoms with E-state index in [0.717, 1.165) is 10.0 Å². The molecule has 0 radical (unpaired) electrons. The second kappa shape index (κ2) is 7.12. The van der Waals surface area contributed by atoms with Crippen LogP contribution >= 0.6 is 15.9 Å². The predicted octanol–water partition coefficient (Wildman–Crippen LogP) is 2.94. The Hall–Kier alpha value is -0.790. The summed E-state index contributed by atoms with van der Waals surface area (Å²) in [5, 5.41) is 9.58. The summed E-state index contributed by atoms with van der Waals surface area (Å²) in [5.41, 5.74) is 0.774. The van der Waals surface area contributed by atoms with Crippen molar-refractivity contribution in [3.63, 3.8) is 0 Å². The maximum atomic E-state index is 11.8. The molecule has 0 fully saturated rings. The lowest BCUT2D eigenvalue weighted by Gasteiger charge is -2.13. The molecule has 19 heavy (non-hydrogen) atoms. The Morgan fingerprint density at radius 1 is 1.37 bits per heavy atom. The van der Waals surface area contributed by atoms with Gasteiger partial charge in [-0.15, -0.1) is 0 Å². The molecule has 0 aliphatic heterocycles. The zero-order valence-electron chi connectivity index (χ0n) is 10.2. The highest BCUT2D eigenvalue weighted by Crippen LogP contribution is 2.26. The minimum atomic E-state index is -4.37. The normalized spacial score (nSPS) is 13.4. The third-order valence-corrected chi connectivity index (χ3v) is 2.88. The van der Waals surface area contributed by atoms with Crippen LogP contribution in [-0.4, -0.2) is 37.7 Å². The van der Waals surface area contributed by atoms with Crippen molar-refractivity contribution in [1.29, 1.82) is 0 Å². The minimum Gasteiger partial charge on any atom is -0.496 e. The third-order valence-electron chi connectivity index (χ3n) is 2.26. The molecule has 1 aromatic carbocycles. The standard InChI is InChI=1S/C12H14BrF3O3/c1-18-11-3-2-8(5-10(11)13)4-9(17)6-19-7-12(14,15)16/h2-3,5,9,17H,4,6-7H2,1H3. The maximum absolute atomic E-state index is 11.8. The van der Waals surface area contributed by atoms with Crippen molar-refractivity contribution in [1.82, 2.24) is 0 Å². The summed E-state index contributed by atoms with van der Waals surface area (Å²) in [4.78, 5) is 0. The number of aliphatic hydroxyl groups excluding tert-OH is 1. The van der Waals surface area contributed by atoms with Crippen LogP contribution in [-0.2, 0) is 11.2 Å². The van der Waals surface area contributed by atoms with Gasteiger partial charge in [-0.05, 0) is 33.6 Å². The molecule has 0 aromatic heterocycles. The van der Waals surface area contributed by atoms with Gasteiger partial charge < -0.3 is 14.6 Å². The summed E-state index contributed by atoms with van der Waals surface area (Å²) in [5.74, 6) is 0.645. The molecule has 1 rings (SSSR count). The first kappa shape index (κ1) is 16.3. The van der Waals surface area contributed by atoms with Gasteiger partial charge in [-0.1, -0.05) is 6.07 Å². The maximum Gasteiger partial charge on any atom is 0.411 e. The van der Waals surface area contributed by atoms with Crippen LogP contribution in [0.1, 0.15) is 5.56 Å². The van der Waals surface area contributed by atoms with Gasteiger partial charge in [0.25, 0.3) is 0 Å². The fourth-order valence-electron chi connectivity index (χ4n) is 1.48. The quantitative estimate of drug-likeness (QED) is 0.863. The van der Waals surface area contributed by atoms with E-state index in [0.29, 0.717) is 5.75 Å². The lowest BCUT2D eigenvalue weighted by atomic mass is 10.1. The molecule has 7 heteroatoms. The number of hydrogen-bond acceptors (Lipinski definition) is 3. The fraction of sp³-hybridized carbons (Fsp3) is 0.500. The van der Waals surface area contributed by atoms with E-state index in [1.165, 1.54) is 7.11 Å². The van der Waals surface area contributed by atoms with Gasteiger partial charge in [0.2, 0.25) is 0 Å². The summed E-state index contributed by atoms with van der Waals surface area (Å²) < 4.78 is 45.7. The zero-order valence-corrected chi connectivity index (χ0v) is 11.8. The highest BCUT2D eigenvalue weighted by Gasteiger charge is 2.27. The molecule has 0 heterocycles. The molecule has 1 atom stereocenters. The van der Waals surface area contributed by atoms with Crippen molar-refractivity contribution in [2.75, 3.05) is 20.3 Å². The van der Waals surface area contributed by atoms with Crippen LogP contribution in [0.15, 0.2) is 22.7 Å². The van der Waals surface area contributed by atoms with E-state index in [1.54, 1.807) is 18.2 Å². The Balaban J connectivity index is 2.44. The Labute approximate surface area is 117 Å². The average Bonchev–Trinajstić information content (AvgIpc) is 2.27. The zero-order chi connectivity index (χ0) is 14.5. The van der Waals surface area contributed by atoms with Gasteiger partial charge in [0.05, 0.1) is 24.3 Å². The van der Waals surface area contributed by atoms with Crippen molar-refractivity contribution in [3.05, 3.63) is 28.2 Å². The number of rotatable bonds is 6. The fourth-order valence-corrected chi connectivity index (χ4v) is 2.07. The summed E-state index contributed by atoms with van der Waals surface area (Å²) in [7, 11) is 1.53. The van der Waals surface area contributed by atoms with Gasteiger partial charge in [-0.25, -0.2) is 0 Å². The smallest absolute Gasteiger partial charge is 0.411 e. The van der Waals surface area contributed by atoms with Gasteiger partial charge in [-0.2, -0.15) is 13.2 Å². The van der Waals surface area contributed by atoms with Gasteiger partial charge >= 0.3 is 6.18 Å². The average molecular weight is 343 g/mol. The van der Waals surface area contributed by atoms with Crippen LogP contribution in [0.2, 0.25) is 0 Å². The molecule has 1 N–H and O–H groups in total. The number of methoxy groups -OCH3 is 1. The SMILES string of the molecule is COc1ccc(CC(O)COCC(F)(F)F)cc1Br. The molecule has 0 aliphatic carbocycles. The second-order valence-corrected chi connectivity index (χ2v) is 4.81. The highest BCUT2D eigenvalue weighted by molar-refractivity contribution is 9.10. The number of ether oxygens (including phenoxy) is 2. The molecule has 0 saturated heterocycles. The highest BCUT2D eigenvalue weighted by atomic mass is 79.9. The summed E-state index contributed by atoms with van der Waals surface area (Å²) >= 11 is 3.29. The van der Waals surface area contributed by atoms with Gasteiger partial charge in [0, 0.05) is 6.42 Å². The summed E-state index contributed by atoms with van der Waals surface area (Å²) in [6, 6.07) is 5.19. The van der Waals surface area contributed by atoms with E-state index >= 15 is 0 Å². The van der Waals surface area contributed by atoms with Crippen molar-refractivity contribution in [2.24, 2.45) is 0 Å². The first-order chi connectivity index (χ1) is 8.81. The van der Waals surface area contributed by atoms with Crippen molar-refractivity contribution in [3.8, 4) is 5.75 Å². The van der Waals surface area contributed by atoms with Crippen LogP contribution < -0.4 is 4.74 Å². The number of benzene rings is 1. The van der Waals surface area contributed by atoms with E-state index in [1.807, 2.05) is 0 Å². The number of halogens is 4. The van der Waals surface area contributed by atoms with Gasteiger partial charge in [-0.3, -0.25) is 0 Å². The predicted molar refractivity (Wildman–Crippen MR) is 67.3 cm³/mol. The van der Waals surface area contributed by atoms with Crippen LogP contribution in [0.4, 0.5) is 13.2 Å². The van der Waals surface area contributed by atoms with Gasteiger partial charge in [0.1, 0.15) is 12.4 Å². The largest absolute Gasteiger partial charge is 0.496 e. The van der Waals surface area contributed by atoms with Crippen LogP contribution in [0.5, 0.6) is 5.75 Å². The Morgan fingerprint density at radius 2 is 2.05 bits per heavy atom. The Morgan fingerprint density at radius 3 is 2.58 bits per heavy atom. The van der Waals surface area contributed by atoms with Crippen molar-refractivity contribution >= 4 is 15.9 Å². The van der Waals surface area contributed by atoms with Crippen LogP contribution in [0.3, 0.4) is 0 Å². The lowest BCUT2D eigenvalue weighted by molar-refractivity contribution is -0.179. The first-order valence-electron chi connectivity index (χ1n) is 5.47.